The van der Waals surface area contributed by atoms with Gasteiger partial charge in [-0.2, -0.15) is 0 Å². The number of nitro groups is 1. The van der Waals surface area contributed by atoms with Crippen LogP contribution >= 0.6 is 0 Å². The van der Waals surface area contributed by atoms with Gasteiger partial charge in [-0.3, -0.25) is 14.9 Å². The van der Waals surface area contributed by atoms with E-state index in [0.29, 0.717) is 6.29 Å². The van der Waals surface area contributed by atoms with E-state index in [0.717, 1.165) is 18.7 Å². The Hall–Kier alpha value is -1.91. The van der Waals surface area contributed by atoms with Crippen LogP contribution in [0.4, 0.5) is 11.4 Å². The minimum absolute atomic E-state index is 0.124. The highest BCUT2D eigenvalue weighted by Crippen LogP contribution is 2.25. The summed E-state index contributed by atoms with van der Waals surface area (Å²) >= 11 is 0. The fraction of sp³-hybridized carbons (Fsp3) is 0.462. The molecule has 1 aromatic rings. The topological polar surface area (TPSA) is 63.4 Å². The highest BCUT2D eigenvalue weighted by molar-refractivity contribution is 5.83. The first kappa shape index (κ1) is 14.2. The molecule has 0 spiro atoms. The Morgan fingerprint density at radius 3 is 2.56 bits per heavy atom. The molecule has 1 aromatic carbocycles. The molecule has 0 aliphatic carbocycles. The maximum absolute atomic E-state index is 10.9. The lowest BCUT2D eigenvalue weighted by Gasteiger charge is -2.28. The quantitative estimate of drug-likeness (QED) is 0.442. The van der Waals surface area contributed by atoms with E-state index in [9.17, 15) is 14.9 Å². The molecule has 0 saturated carbocycles. The van der Waals surface area contributed by atoms with E-state index >= 15 is 0 Å². The van der Waals surface area contributed by atoms with Gasteiger partial charge in [-0.15, -0.1) is 0 Å². The molecule has 5 heteroatoms. The van der Waals surface area contributed by atoms with Crippen LogP contribution in [0.1, 0.15) is 37.6 Å². The zero-order valence-corrected chi connectivity index (χ0v) is 10.9. The molecule has 0 unspecified atom stereocenters. The minimum atomic E-state index is -0.535. The summed E-state index contributed by atoms with van der Waals surface area (Å²) in [6.07, 6.45) is 1.51. The zero-order valence-electron chi connectivity index (χ0n) is 10.9. The molecule has 98 valence electrons. The van der Waals surface area contributed by atoms with Crippen molar-refractivity contribution in [1.29, 1.82) is 0 Å². The summed E-state index contributed by atoms with van der Waals surface area (Å²) in [4.78, 5) is 23.3. The summed E-state index contributed by atoms with van der Waals surface area (Å²) in [5.74, 6) is 0. The first-order valence-corrected chi connectivity index (χ1v) is 6.01. The summed E-state index contributed by atoms with van der Waals surface area (Å²) in [6.45, 7) is 7.03. The van der Waals surface area contributed by atoms with Gasteiger partial charge < -0.3 is 4.90 Å². The normalized spacial score (nSPS) is 10.4. The van der Waals surface area contributed by atoms with E-state index < -0.39 is 4.92 Å². The number of carbonyl (C=O) groups excluding carboxylic acids is 1. The smallest absolute Gasteiger partial charge is 0.280 e. The lowest BCUT2D eigenvalue weighted by molar-refractivity contribution is -0.385. The number of rotatable bonds is 6. The molecule has 18 heavy (non-hydrogen) atoms. The Balaban J connectivity index is 3.17. The second-order valence-electron chi connectivity index (χ2n) is 4.41. The molecule has 0 radical (unpaired) electrons. The number of anilines is 1. The van der Waals surface area contributed by atoms with Crippen LogP contribution in [0.5, 0.6) is 0 Å². The summed E-state index contributed by atoms with van der Waals surface area (Å²) in [6, 6.07) is 4.96. The summed E-state index contributed by atoms with van der Waals surface area (Å²) < 4.78 is 0. The van der Waals surface area contributed by atoms with Crippen LogP contribution in [-0.2, 0) is 0 Å². The Bertz CT molecular complexity index is 444. The van der Waals surface area contributed by atoms with Crippen molar-refractivity contribution in [1.82, 2.24) is 0 Å². The Morgan fingerprint density at radius 1 is 1.44 bits per heavy atom. The summed E-state index contributed by atoms with van der Waals surface area (Å²) in [7, 11) is 0. The van der Waals surface area contributed by atoms with Crippen LogP contribution in [-0.4, -0.2) is 23.8 Å². The van der Waals surface area contributed by atoms with Gasteiger partial charge in [0.1, 0.15) is 0 Å². The molecule has 0 bridgehead atoms. The number of hydrogen-bond acceptors (Lipinski definition) is 4. The fourth-order valence-corrected chi connectivity index (χ4v) is 1.91. The number of carbonyl (C=O) groups is 1. The van der Waals surface area contributed by atoms with E-state index in [2.05, 4.69) is 25.7 Å². The highest BCUT2D eigenvalue weighted by Gasteiger charge is 2.17. The molecule has 0 aliphatic heterocycles. The second-order valence-corrected chi connectivity index (χ2v) is 4.41. The van der Waals surface area contributed by atoms with Crippen molar-refractivity contribution in [3.63, 3.8) is 0 Å². The van der Waals surface area contributed by atoms with Crippen molar-refractivity contribution < 1.29 is 9.72 Å². The van der Waals surface area contributed by atoms with Crippen molar-refractivity contribution in [2.24, 2.45) is 0 Å². The van der Waals surface area contributed by atoms with Crippen molar-refractivity contribution in [2.45, 2.75) is 33.2 Å². The molecular weight excluding hydrogens is 232 g/mol. The number of benzene rings is 1. The van der Waals surface area contributed by atoms with Gasteiger partial charge in [0.25, 0.3) is 5.69 Å². The van der Waals surface area contributed by atoms with Gasteiger partial charge in [0, 0.05) is 24.3 Å². The zero-order chi connectivity index (χ0) is 13.7. The monoisotopic (exact) mass is 250 g/mol. The fourth-order valence-electron chi connectivity index (χ4n) is 1.91. The van der Waals surface area contributed by atoms with Crippen molar-refractivity contribution >= 4 is 17.7 Å². The molecule has 0 fully saturated rings. The van der Waals surface area contributed by atoms with Crippen LogP contribution in [0, 0.1) is 10.1 Å². The van der Waals surface area contributed by atoms with Gasteiger partial charge >= 0.3 is 0 Å². The number of hydrogen-bond donors (Lipinski definition) is 0. The first-order chi connectivity index (χ1) is 8.51. The van der Waals surface area contributed by atoms with E-state index in [1.165, 1.54) is 6.07 Å². The third-order valence-corrected chi connectivity index (χ3v) is 2.75. The van der Waals surface area contributed by atoms with Crippen LogP contribution < -0.4 is 4.90 Å². The van der Waals surface area contributed by atoms with Crippen LogP contribution in [0.15, 0.2) is 18.2 Å². The standard InChI is InChI=1S/C13H18N2O3/c1-4-7-14(10(2)3)12-5-6-13(15(17)18)11(8-12)9-16/h5-6,8-10H,4,7H2,1-3H3. The molecule has 0 atom stereocenters. The van der Waals surface area contributed by atoms with Gasteiger partial charge in [0.15, 0.2) is 6.29 Å². The molecule has 1 rings (SSSR count). The average molecular weight is 250 g/mol. The van der Waals surface area contributed by atoms with Gasteiger partial charge in [-0.05, 0) is 32.4 Å². The molecule has 0 heterocycles. The Kier molecular flexibility index (Phi) is 4.83. The molecule has 0 amide bonds. The molecule has 0 saturated heterocycles. The predicted octanol–water partition coefficient (Wildman–Crippen LogP) is 3.03. The minimum Gasteiger partial charge on any atom is -0.369 e. The van der Waals surface area contributed by atoms with Crippen LogP contribution in [0.25, 0.3) is 0 Å². The Labute approximate surface area is 107 Å². The van der Waals surface area contributed by atoms with Gasteiger partial charge in [0.2, 0.25) is 0 Å². The number of aldehydes is 1. The summed E-state index contributed by atoms with van der Waals surface area (Å²) in [5, 5.41) is 10.8. The second kappa shape index (κ2) is 6.14. The maximum atomic E-state index is 10.9. The van der Waals surface area contributed by atoms with Crippen molar-refractivity contribution in [3.05, 3.63) is 33.9 Å². The maximum Gasteiger partial charge on any atom is 0.280 e. The van der Waals surface area contributed by atoms with Crippen molar-refractivity contribution in [2.75, 3.05) is 11.4 Å². The van der Waals surface area contributed by atoms with Crippen molar-refractivity contribution in [3.8, 4) is 0 Å². The van der Waals surface area contributed by atoms with Gasteiger partial charge in [-0.1, -0.05) is 6.92 Å². The molecule has 0 aliphatic rings. The van der Waals surface area contributed by atoms with Gasteiger partial charge in [-0.25, -0.2) is 0 Å². The lowest BCUT2D eigenvalue weighted by atomic mass is 10.1. The first-order valence-electron chi connectivity index (χ1n) is 6.01. The molecule has 0 N–H and O–H groups in total. The number of nitro benzene ring substituents is 1. The Morgan fingerprint density at radius 2 is 2.11 bits per heavy atom. The van der Waals surface area contributed by atoms with E-state index in [-0.39, 0.29) is 17.3 Å². The van der Waals surface area contributed by atoms with Crippen LogP contribution in [0.3, 0.4) is 0 Å². The molecule has 5 nitrogen and oxygen atoms in total. The lowest BCUT2D eigenvalue weighted by Crippen LogP contribution is -2.31. The number of nitrogens with zero attached hydrogens (tertiary/aromatic N) is 2. The molecule has 0 aromatic heterocycles. The van der Waals surface area contributed by atoms with E-state index in [1.807, 2.05) is 0 Å². The van der Waals surface area contributed by atoms with E-state index in [4.69, 9.17) is 0 Å². The largest absolute Gasteiger partial charge is 0.369 e. The predicted molar refractivity (Wildman–Crippen MR) is 71.3 cm³/mol. The van der Waals surface area contributed by atoms with Gasteiger partial charge in [0.05, 0.1) is 10.5 Å². The van der Waals surface area contributed by atoms with E-state index in [1.54, 1.807) is 12.1 Å². The van der Waals surface area contributed by atoms with Crippen LogP contribution in [0.2, 0.25) is 0 Å². The summed E-state index contributed by atoms with van der Waals surface area (Å²) in [5.41, 5.74) is 0.827. The molecular formula is C13H18N2O3. The average Bonchev–Trinajstić information content (AvgIpc) is 2.34. The highest BCUT2D eigenvalue weighted by atomic mass is 16.6. The third kappa shape index (κ3) is 3.06. The SMILES string of the molecule is CCCN(c1ccc([N+](=O)[O-])c(C=O)c1)C(C)C. The third-order valence-electron chi connectivity index (χ3n) is 2.75.